The second-order valence-corrected chi connectivity index (χ2v) is 4.86. The first-order valence-electron chi connectivity index (χ1n) is 7.01. The van der Waals surface area contributed by atoms with E-state index in [-0.39, 0.29) is 0 Å². The number of benzene rings is 1. The molecule has 5 nitrogen and oxygen atoms in total. The molecular formula is C16H22N2O3. The van der Waals surface area contributed by atoms with Crippen LogP contribution in [0, 0.1) is 0 Å². The summed E-state index contributed by atoms with van der Waals surface area (Å²) in [5.41, 5.74) is 1.75. The summed E-state index contributed by atoms with van der Waals surface area (Å²) in [7, 11) is 0. The van der Waals surface area contributed by atoms with Crippen LogP contribution in [0.25, 0.3) is 0 Å². The summed E-state index contributed by atoms with van der Waals surface area (Å²) in [6, 6.07) is 6.38. The number of nitrogens with one attached hydrogen (secondary N) is 2. The minimum Gasteiger partial charge on any atom is -0.462 e. The lowest BCUT2D eigenvalue weighted by Gasteiger charge is -2.10. The zero-order chi connectivity index (χ0) is 15.7. The molecule has 21 heavy (non-hydrogen) atoms. The molecule has 0 atom stereocenters. The summed E-state index contributed by atoms with van der Waals surface area (Å²) in [6.45, 7) is 6.16. The maximum atomic E-state index is 12.0. The van der Waals surface area contributed by atoms with E-state index in [0.29, 0.717) is 17.9 Å². The van der Waals surface area contributed by atoms with E-state index in [9.17, 15) is 9.59 Å². The molecule has 0 saturated carbocycles. The van der Waals surface area contributed by atoms with Crippen molar-refractivity contribution in [2.75, 3.05) is 11.9 Å². The number of hydrogen-bond donors (Lipinski definition) is 2. The molecule has 1 rings (SSSR count). The molecule has 0 spiro atoms. The molecule has 5 heteroatoms. The minimum absolute atomic E-state index is 0.348. The van der Waals surface area contributed by atoms with Crippen molar-refractivity contribution in [2.45, 2.75) is 33.6 Å². The molecule has 0 aromatic heterocycles. The normalized spacial score (nSPS) is 9.67. The SMILES string of the molecule is CCCCOC(=O)c1ccccc1NC(=O)NC=C(C)C. The van der Waals surface area contributed by atoms with E-state index < -0.39 is 12.0 Å². The van der Waals surface area contributed by atoms with Gasteiger partial charge in [-0.1, -0.05) is 31.1 Å². The van der Waals surface area contributed by atoms with Crippen molar-refractivity contribution in [1.82, 2.24) is 5.32 Å². The minimum atomic E-state index is -0.429. The zero-order valence-corrected chi connectivity index (χ0v) is 12.7. The van der Waals surface area contributed by atoms with Crippen LogP contribution in [-0.2, 0) is 4.74 Å². The highest BCUT2D eigenvalue weighted by molar-refractivity contribution is 6.00. The quantitative estimate of drug-likeness (QED) is 0.620. The number of carbonyl (C=O) groups excluding carboxylic acids is 2. The van der Waals surface area contributed by atoms with Crippen LogP contribution in [0.5, 0.6) is 0 Å². The average molecular weight is 290 g/mol. The van der Waals surface area contributed by atoms with Crippen molar-refractivity contribution in [3.8, 4) is 0 Å². The Morgan fingerprint density at radius 2 is 1.95 bits per heavy atom. The summed E-state index contributed by atoms with van der Waals surface area (Å²) in [4.78, 5) is 23.7. The maximum absolute atomic E-state index is 12.0. The van der Waals surface area contributed by atoms with Gasteiger partial charge in [-0.15, -0.1) is 0 Å². The number of carbonyl (C=O) groups is 2. The van der Waals surface area contributed by atoms with E-state index in [1.807, 2.05) is 20.8 Å². The summed E-state index contributed by atoms with van der Waals surface area (Å²) in [6.07, 6.45) is 3.37. The standard InChI is InChI=1S/C16H22N2O3/c1-4-5-10-21-15(19)13-8-6-7-9-14(13)18-16(20)17-11-12(2)3/h6-9,11H,4-5,10H2,1-3H3,(H2,17,18,20). The van der Waals surface area contributed by atoms with Gasteiger partial charge in [0.05, 0.1) is 17.9 Å². The van der Waals surface area contributed by atoms with Crippen molar-refractivity contribution >= 4 is 17.7 Å². The lowest BCUT2D eigenvalue weighted by molar-refractivity contribution is 0.0501. The van der Waals surface area contributed by atoms with Crippen molar-refractivity contribution in [1.29, 1.82) is 0 Å². The van der Waals surface area contributed by atoms with Crippen LogP contribution in [0.3, 0.4) is 0 Å². The third kappa shape index (κ3) is 6.12. The topological polar surface area (TPSA) is 67.4 Å². The fourth-order valence-corrected chi connectivity index (χ4v) is 1.53. The molecule has 0 aliphatic heterocycles. The first kappa shape index (κ1) is 16.8. The van der Waals surface area contributed by atoms with Crippen LogP contribution >= 0.6 is 0 Å². The molecule has 0 saturated heterocycles. The molecule has 1 aromatic carbocycles. The van der Waals surface area contributed by atoms with Crippen LogP contribution in [0.15, 0.2) is 36.0 Å². The number of rotatable bonds is 6. The molecule has 2 amide bonds. The van der Waals surface area contributed by atoms with Gasteiger partial charge in [0.1, 0.15) is 0 Å². The van der Waals surface area contributed by atoms with Gasteiger partial charge in [0, 0.05) is 6.20 Å². The third-order valence-corrected chi connectivity index (χ3v) is 2.62. The summed E-state index contributed by atoms with van der Waals surface area (Å²) in [5, 5.41) is 5.23. The molecule has 1 aromatic rings. The van der Waals surface area contributed by atoms with Crippen molar-refractivity contribution in [3.05, 3.63) is 41.6 Å². The highest BCUT2D eigenvalue weighted by Crippen LogP contribution is 2.16. The van der Waals surface area contributed by atoms with E-state index in [1.165, 1.54) is 0 Å². The number of esters is 1. The predicted octanol–water partition coefficient (Wildman–Crippen LogP) is 3.69. The van der Waals surface area contributed by atoms with E-state index in [4.69, 9.17) is 4.74 Å². The molecule has 2 N–H and O–H groups in total. The van der Waals surface area contributed by atoms with E-state index in [1.54, 1.807) is 30.5 Å². The summed E-state index contributed by atoms with van der Waals surface area (Å²) >= 11 is 0. The van der Waals surface area contributed by atoms with Crippen LogP contribution < -0.4 is 10.6 Å². The zero-order valence-electron chi connectivity index (χ0n) is 12.7. The van der Waals surface area contributed by atoms with Crippen molar-refractivity contribution < 1.29 is 14.3 Å². The Morgan fingerprint density at radius 3 is 2.62 bits per heavy atom. The molecule has 0 aliphatic rings. The average Bonchev–Trinajstić information content (AvgIpc) is 2.46. The first-order valence-corrected chi connectivity index (χ1v) is 7.01. The van der Waals surface area contributed by atoms with Gasteiger partial charge in [0.15, 0.2) is 0 Å². The number of hydrogen-bond acceptors (Lipinski definition) is 3. The lowest BCUT2D eigenvalue weighted by Crippen LogP contribution is -2.25. The second-order valence-electron chi connectivity index (χ2n) is 4.86. The number of allylic oxidation sites excluding steroid dienone is 1. The van der Waals surface area contributed by atoms with Crippen LogP contribution in [-0.4, -0.2) is 18.6 Å². The molecular weight excluding hydrogens is 268 g/mol. The molecule has 0 aliphatic carbocycles. The van der Waals surface area contributed by atoms with Crippen molar-refractivity contribution in [2.24, 2.45) is 0 Å². The number of amides is 2. The Balaban J connectivity index is 2.72. The van der Waals surface area contributed by atoms with Crippen LogP contribution in [0.4, 0.5) is 10.5 Å². The van der Waals surface area contributed by atoms with Crippen LogP contribution in [0.2, 0.25) is 0 Å². The smallest absolute Gasteiger partial charge is 0.340 e. The highest BCUT2D eigenvalue weighted by atomic mass is 16.5. The number of anilines is 1. The van der Waals surface area contributed by atoms with Crippen molar-refractivity contribution in [3.63, 3.8) is 0 Å². The van der Waals surface area contributed by atoms with Gasteiger partial charge < -0.3 is 15.4 Å². The lowest BCUT2D eigenvalue weighted by atomic mass is 10.2. The summed E-state index contributed by atoms with van der Waals surface area (Å²) in [5.74, 6) is -0.429. The molecule has 0 bridgehead atoms. The number of urea groups is 1. The maximum Gasteiger partial charge on any atom is 0.340 e. The molecule has 0 unspecified atom stereocenters. The fourth-order valence-electron chi connectivity index (χ4n) is 1.53. The third-order valence-electron chi connectivity index (χ3n) is 2.62. The first-order chi connectivity index (χ1) is 10.0. The van der Waals surface area contributed by atoms with Crippen LogP contribution in [0.1, 0.15) is 44.0 Å². The Bertz CT molecular complexity index is 520. The van der Waals surface area contributed by atoms with Gasteiger partial charge >= 0.3 is 12.0 Å². The second kappa shape index (κ2) is 8.79. The molecule has 0 radical (unpaired) electrons. The fraction of sp³-hybridized carbons (Fsp3) is 0.375. The molecule has 0 fully saturated rings. The van der Waals surface area contributed by atoms with Gasteiger partial charge in [-0.25, -0.2) is 9.59 Å². The largest absolute Gasteiger partial charge is 0.462 e. The van der Waals surface area contributed by atoms with Gasteiger partial charge in [-0.05, 0) is 32.4 Å². The monoisotopic (exact) mass is 290 g/mol. The van der Waals surface area contributed by atoms with E-state index >= 15 is 0 Å². The number of unbranched alkanes of at least 4 members (excludes halogenated alkanes) is 1. The number of ether oxygens (including phenoxy) is 1. The van der Waals surface area contributed by atoms with E-state index in [0.717, 1.165) is 18.4 Å². The number of para-hydroxylation sites is 1. The molecule has 0 heterocycles. The Kier molecular flexibility index (Phi) is 7.01. The van der Waals surface area contributed by atoms with E-state index in [2.05, 4.69) is 10.6 Å². The Morgan fingerprint density at radius 1 is 1.24 bits per heavy atom. The molecule has 114 valence electrons. The Hall–Kier alpha value is -2.30. The van der Waals surface area contributed by atoms with Gasteiger partial charge in [0.25, 0.3) is 0 Å². The van der Waals surface area contributed by atoms with Gasteiger partial charge in [-0.2, -0.15) is 0 Å². The van der Waals surface area contributed by atoms with Gasteiger partial charge in [0.2, 0.25) is 0 Å². The Labute approximate surface area is 125 Å². The highest BCUT2D eigenvalue weighted by Gasteiger charge is 2.13. The van der Waals surface area contributed by atoms with Gasteiger partial charge in [-0.3, -0.25) is 0 Å². The summed E-state index contributed by atoms with van der Waals surface area (Å²) < 4.78 is 5.17. The predicted molar refractivity (Wildman–Crippen MR) is 83.2 cm³/mol.